The molecular weight excluding hydrogens is 282 g/mol. The standard InChI is InChI=1S/C14H22ClNO2S/c1-2-11-16(13-14-8-4-3-5-9-14)19(17,18)12-7-6-10-15/h3-5,8-9H,2,6-7,10-13H2,1H3. The van der Waals surface area contributed by atoms with E-state index >= 15 is 0 Å². The minimum atomic E-state index is -3.18. The number of unbranched alkanes of at least 4 members (excludes halogenated alkanes) is 1. The molecule has 0 unspecified atom stereocenters. The first kappa shape index (κ1) is 16.5. The van der Waals surface area contributed by atoms with E-state index in [1.807, 2.05) is 37.3 Å². The summed E-state index contributed by atoms with van der Waals surface area (Å²) >= 11 is 5.59. The molecule has 0 N–H and O–H groups in total. The summed E-state index contributed by atoms with van der Waals surface area (Å²) in [5.41, 5.74) is 1.02. The van der Waals surface area contributed by atoms with Crippen LogP contribution in [0.2, 0.25) is 0 Å². The highest BCUT2D eigenvalue weighted by atomic mass is 35.5. The Morgan fingerprint density at radius 2 is 1.84 bits per heavy atom. The number of nitrogens with zero attached hydrogens (tertiary/aromatic N) is 1. The number of rotatable bonds is 9. The second-order valence-corrected chi connectivity index (χ2v) is 7.00. The van der Waals surface area contributed by atoms with Crippen molar-refractivity contribution in [1.29, 1.82) is 0 Å². The molecule has 1 aromatic carbocycles. The van der Waals surface area contributed by atoms with Gasteiger partial charge in [0.1, 0.15) is 0 Å². The van der Waals surface area contributed by atoms with Gasteiger partial charge in [-0.15, -0.1) is 11.6 Å². The van der Waals surface area contributed by atoms with Gasteiger partial charge in [-0.25, -0.2) is 8.42 Å². The topological polar surface area (TPSA) is 37.4 Å². The van der Waals surface area contributed by atoms with Crippen LogP contribution in [0.3, 0.4) is 0 Å². The fourth-order valence-corrected chi connectivity index (χ4v) is 3.68. The Hall–Kier alpha value is -0.580. The third kappa shape index (κ3) is 5.93. The van der Waals surface area contributed by atoms with E-state index in [0.717, 1.165) is 18.4 Å². The Morgan fingerprint density at radius 1 is 1.16 bits per heavy atom. The van der Waals surface area contributed by atoms with Crippen LogP contribution in [0.5, 0.6) is 0 Å². The molecule has 5 heteroatoms. The average Bonchev–Trinajstić information content (AvgIpc) is 2.39. The number of hydrogen-bond donors (Lipinski definition) is 0. The van der Waals surface area contributed by atoms with Crippen LogP contribution in [-0.2, 0) is 16.6 Å². The average molecular weight is 304 g/mol. The molecule has 108 valence electrons. The number of sulfonamides is 1. The molecule has 1 rings (SSSR count). The highest BCUT2D eigenvalue weighted by Gasteiger charge is 2.20. The van der Waals surface area contributed by atoms with Gasteiger partial charge in [0.25, 0.3) is 0 Å². The molecule has 0 bridgehead atoms. The molecular formula is C14H22ClNO2S. The quantitative estimate of drug-likeness (QED) is 0.519. The maximum Gasteiger partial charge on any atom is 0.214 e. The highest BCUT2D eigenvalue weighted by Crippen LogP contribution is 2.12. The van der Waals surface area contributed by atoms with Gasteiger partial charge in [0, 0.05) is 19.0 Å². The smallest absolute Gasteiger partial charge is 0.212 e. The summed E-state index contributed by atoms with van der Waals surface area (Å²) in [4.78, 5) is 0. The molecule has 0 saturated carbocycles. The maximum atomic E-state index is 12.3. The van der Waals surface area contributed by atoms with Gasteiger partial charge in [-0.2, -0.15) is 4.31 Å². The van der Waals surface area contributed by atoms with Crippen LogP contribution < -0.4 is 0 Å². The van der Waals surface area contributed by atoms with E-state index < -0.39 is 10.0 Å². The SMILES string of the molecule is CCCN(Cc1ccccc1)S(=O)(=O)CCCCCl. The van der Waals surface area contributed by atoms with Crippen LogP contribution >= 0.6 is 11.6 Å². The number of alkyl halides is 1. The van der Waals surface area contributed by atoms with Gasteiger partial charge in [0.15, 0.2) is 0 Å². The van der Waals surface area contributed by atoms with Crippen molar-refractivity contribution in [2.24, 2.45) is 0 Å². The van der Waals surface area contributed by atoms with Crippen LogP contribution in [0.1, 0.15) is 31.7 Å². The van der Waals surface area contributed by atoms with Gasteiger partial charge >= 0.3 is 0 Å². The van der Waals surface area contributed by atoms with Crippen molar-refractivity contribution in [3.05, 3.63) is 35.9 Å². The lowest BCUT2D eigenvalue weighted by atomic mass is 10.2. The summed E-state index contributed by atoms with van der Waals surface area (Å²) in [6, 6.07) is 9.70. The first-order valence-electron chi connectivity index (χ1n) is 6.68. The Balaban J connectivity index is 2.70. The zero-order valence-electron chi connectivity index (χ0n) is 11.4. The first-order valence-corrected chi connectivity index (χ1v) is 8.82. The van der Waals surface area contributed by atoms with Crippen LogP contribution in [0.4, 0.5) is 0 Å². The normalized spacial score (nSPS) is 11.9. The Bertz CT molecular complexity index is 448. The lowest BCUT2D eigenvalue weighted by Crippen LogP contribution is -2.33. The summed E-state index contributed by atoms with van der Waals surface area (Å²) in [5, 5.41) is 0. The molecule has 0 atom stereocenters. The summed E-state index contributed by atoms with van der Waals surface area (Å²) < 4.78 is 26.1. The predicted molar refractivity (Wildman–Crippen MR) is 80.9 cm³/mol. The van der Waals surface area contributed by atoms with Crippen LogP contribution in [0, 0.1) is 0 Å². The summed E-state index contributed by atoms with van der Waals surface area (Å²) in [6.07, 6.45) is 2.19. The van der Waals surface area contributed by atoms with Crippen LogP contribution in [-0.4, -0.2) is 30.9 Å². The lowest BCUT2D eigenvalue weighted by Gasteiger charge is -2.21. The van der Waals surface area contributed by atoms with Crippen molar-refractivity contribution in [2.75, 3.05) is 18.2 Å². The maximum absolute atomic E-state index is 12.3. The van der Waals surface area contributed by atoms with E-state index in [-0.39, 0.29) is 5.75 Å². The Morgan fingerprint density at radius 3 is 2.42 bits per heavy atom. The van der Waals surface area contributed by atoms with Crippen molar-refractivity contribution in [1.82, 2.24) is 4.31 Å². The molecule has 3 nitrogen and oxygen atoms in total. The summed E-state index contributed by atoms with van der Waals surface area (Å²) in [5.74, 6) is 0.703. The van der Waals surface area contributed by atoms with Crippen molar-refractivity contribution in [3.63, 3.8) is 0 Å². The van der Waals surface area contributed by atoms with Gasteiger partial charge in [-0.1, -0.05) is 37.3 Å². The van der Waals surface area contributed by atoms with Crippen molar-refractivity contribution >= 4 is 21.6 Å². The minimum absolute atomic E-state index is 0.187. The largest absolute Gasteiger partial charge is 0.214 e. The van der Waals surface area contributed by atoms with Gasteiger partial charge in [-0.05, 0) is 24.8 Å². The van der Waals surface area contributed by atoms with Gasteiger partial charge < -0.3 is 0 Å². The molecule has 0 radical (unpaired) electrons. The molecule has 0 aromatic heterocycles. The fraction of sp³-hybridized carbons (Fsp3) is 0.571. The zero-order valence-corrected chi connectivity index (χ0v) is 13.0. The molecule has 1 aromatic rings. The third-order valence-electron chi connectivity index (χ3n) is 2.85. The van der Waals surface area contributed by atoms with E-state index in [0.29, 0.717) is 25.4 Å². The van der Waals surface area contributed by atoms with E-state index in [9.17, 15) is 8.42 Å². The van der Waals surface area contributed by atoms with E-state index in [1.165, 1.54) is 0 Å². The van der Waals surface area contributed by atoms with E-state index in [4.69, 9.17) is 11.6 Å². The fourth-order valence-electron chi connectivity index (χ4n) is 1.86. The van der Waals surface area contributed by atoms with E-state index in [1.54, 1.807) is 4.31 Å². The van der Waals surface area contributed by atoms with E-state index in [2.05, 4.69) is 0 Å². The Kier molecular flexibility index (Phi) is 7.42. The summed E-state index contributed by atoms with van der Waals surface area (Å²) in [7, 11) is -3.18. The first-order chi connectivity index (χ1) is 9.10. The van der Waals surface area contributed by atoms with Crippen LogP contribution in [0.15, 0.2) is 30.3 Å². The lowest BCUT2D eigenvalue weighted by molar-refractivity contribution is 0.405. The van der Waals surface area contributed by atoms with Gasteiger partial charge in [0.05, 0.1) is 5.75 Å². The van der Waals surface area contributed by atoms with Crippen molar-refractivity contribution in [3.8, 4) is 0 Å². The number of benzene rings is 1. The Labute approximate surface area is 121 Å². The molecule has 0 aliphatic carbocycles. The van der Waals surface area contributed by atoms with Crippen molar-refractivity contribution < 1.29 is 8.42 Å². The molecule has 0 saturated heterocycles. The van der Waals surface area contributed by atoms with Gasteiger partial charge in [-0.3, -0.25) is 0 Å². The zero-order chi connectivity index (χ0) is 14.1. The third-order valence-corrected chi connectivity index (χ3v) is 5.02. The second kappa shape index (κ2) is 8.56. The molecule has 0 spiro atoms. The molecule has 19 heavy (non-hydrogen) atoms. The molecule has 0 fully saturated rings. The monoisotopic (exact) mass is 303 g/mol. The summed E-state index contributed by atoms with van der Waals surface area (Å²) in [6.45, 7) is 3.02. The van der Waals surface area contributed by atoms with Crippen LogP contribution in [0.25, 0.3) is 0 Å². The molecule has 0 aliphatic heterocycles. The molecule has 0 heterocycles. The second-order valence-electron chi connectivity index (χ2n) is 4.53. The minimum Gasteiger partial charge on any atom is -0.212 e. The number of hydrogen-bond acceptors (Lipinski definition) is 2. The molecule has 0 amide bonds. The number of halogens is 1. The van der Waals surface area contributed by atoms with Gasteiger partial charge in [0.2, 0.25) is 10.0 Å². The highest BCUT2D eigenvalue weighted by molar-refractivity contribution is 7.89. The molecule has 0 aliphatic rings. The predicted octanol–water partition coefficient (Wildman–Crippen LogP) is 3.25. The van der Waals surface area contributed by atoms with Crippen molar-refractivity contribution in [2.45, 2.75) is 32.7 Å².